The van der Waals surface area contributed by atoms with E-state index >= 15 is 0 Å². The van der Waals surface area contributed by atoms with Crippen LogP contribution in [0, 0.1) is 0 Å². The number of anilines is 1. The zero-order valence-electron chi connectivity index (χ0n) is 34.4. The van der Waals surface area contributed by atoms with Gasteiger partial charge in [-0.25, -0.2) is 4.79 Å². The van der Waals surface area contributed by atoms with Crippen molar-refractivity contribution in [2.75, 3.05) is 30.9 Å². The topological polar surface area (TPSA) is 52.5 Å². The van der Waals surface area contributed by atoms with E-state index in [9.17, 15) is 4.79 Å². The molecule has 0 atom stereocenters. The third kappa shape index (κ3) is 3.69. The van der Waals surface area contributed by atoms with E-state index in [-0.39, 0.29) is 9.80 Å². The van der Waals surface area contributed by atoms with Gasteiger partial charge in [-0.2, -0.15) is 0 Å². The predicted molar refractivity (Wildman–Crippen MR) is 116 cm³/mol. The van der Waals surface area contributed by atoms with Gasteiger partial charge in [0.25, 0.3) is 0 Å². The van der Waals surface area contributed by atoms with Crippen LogP contribution in [-0.4, -0.2) is 35.9 Å². The van der Waals surface area contributed by atoms with Gasteiger partial charge in [-0.15, -0.1) is 0 Å². The largest absolute Gasteiger partial charge is 0.417 e. The molecule has 2 heterocycles. The Morgan fingerprint density at radius 1 is 0.931 bits per heavy atom. The van der Waals surface area contributed by atoms with Crippen molar-refractivity contribution in [3.63, 3.8) is 0 Å². The third-order valence-electron chi connectivity index (χ3n) is 3.79. The number of H-pyrrole nitrogens is 1. The van der Waals surface area contributed by atoms with E-state index in [0.717, 1.165) is 0 Å². The number of nitrogens with zero attached hydrogens (tertiary/aromatic N) is 2. The highest BCUT2D eigenvalue weighted by atomic mass is 16.4. The van der Waals surface area contributed by atoms with Crippen molar-refractivity contribution in [3.05, 3.63) is 88.6 Å². The predicted octanol–water partition coefficient (Wildman–Crippen LogP) is 4.11. The molecular formula is C24H23N3O2. The lowest BCUT2D eigenvalue weighted by atomic mass is 10.0. The maximum atomic E-state index is 12.1. The lowest BCUT2D eigenvalue weighted by Crippen LogP contribution is -2.46. The number of oxazole rings is 1. The Hall–Kier alpha value is -3.31. The van der Waals surface area contributed by atoms with Crippen LogP contribution in [-0.2, 0) is 6.54 Å². The number of benzene rings is 3. The summed E-state index contributed by atoms with van der Waals surface area (Å²) in [5.74, 6) is -1.26. The molecule has 0 amide bonds. The van der Waals surface area contributed by atoms with Crippen LogP contribution in [0.15, 0.2) is 81.7 Å². The molecular weight excluding hydrogens is 362 g/mol. The minimum atomic E-state index is -3.75. The lowest BCUT2D eigenvalue weighted by Gasteiger charge is -2.36. The number of aromatic nitrogens is 1. The Morgan fingerprint density at radius 2 is 1.69 bits per heavy atom. The molecule has 0 saturated carbocycles. The molecule has 1 aromatic heterocycles. The Balaban J connectivity index is 1.78. The van der Waals surface area contributed by atoms with Gasteiger partial charge in [0.15, 0.2) is 5.58 Å². The van der Waals surface area contributed by atoms with E-state index in [2.05, 4.69) is 4.98 Å². The van der Waals surface area contributed by atoms with Crippen molar-refractivity contribution in [1.82, 2.24) is 9.88 Å². The Kier molecular flexibility index (Phi) is 1.66. The first-order chi connectivity index (χ1) is 22.3. The standard InChI is InChI=1S/C24H23N3O2/c28-24-25-21-10-5-11-22(23(21)29-24)27-14-12-26(13-15-27)17-18-6-4-9-20(16-18)19-7-2-1-3-8-19/h1-11,16H,12-15,17H2,(H,25,28)/i1D,2D,3D,4D,5D,6D,7D,8D,9D,10D,11D,12D2,13D2,14D2,15D2,16D. The second kappa shape index (κ2) is 7.60. The first-order valence-electron chi connectivity index (χ1n) is 18.2. The molecule has 5 nitrogen and oxygen atoms in total. The monoisotopic (exact) mass is 405 g/mol. The molecule has 0 spiro atoms. The summed E-state index contributed by atoms with van der Waals surface area (Å²) in [4.78, 5) is 13.9. The molecule has 146 valence electrons. The van der Waals surface area contributed by atoms with Crippen LogP contribution in [0.25, 0.3) is 22.2 Å². The molecule has 29 heavy (non-hydrogen) atoms. The number of nitrogens with one attached hydrogen (secondary N) is 1. The fourth-order valence-corrected chi connectivity index (χ4v) is 2.54. The molecule has 0 bridgehead atoms. The number of fused-ring (bicyclic) bond motifs is 1. The summed E-state index contributed by atoms with van der Waals surface area (Å²) in [7, 11) is 0. The number of rotatable bonds is 4. The van der Waals surface area contributed by atoms with Gasteiger partial charge < -0.3 is 9.32 Å². The van der Waals surface area contributed by atoms with Crippen molar-refractivity contribution >= 4 is 16.8 Å². The summed E-state index contributed by atoms with van der Waals surface area (Å²) >= 11 is 0. The number of para-hydroxylation sites is 1. The molecule has 0 aliphatic carbocycles. The van der Waals surface area contributed by atoms with Crippen LogP contribution < -0.4 is 10.7 Å². The first kappa shape index (κ1) is 6.34. The van der Waals surface area contributed by atoms with Crippen molar-refractivity contribution < 1.29 is 31.8 Å². The maximum Gasteiger partial charge on any atom is 0.417 e. The van der Waals surface area contributed by atoms with Gasteiger partial charge in [-0.1, -0.05) is 54.4 Å². The second-order valence-corrected chi connectivity index (χ2v) is 5.66. The summed E-state index contributed by atoms with van der Waals surface area (Å²) in [5, 5.41) is 0. The van der Waals surface area contributed by atoms with Crippen LogP contribution >= 0.6 is 0 Å². The van der Waals surface area contributed by atoms with Crippen LogP contribution in [0.2, 0.25) is 0 Å². The Morgan fingerprint density at radius 3 is 2.52 bits per heavy atom. The number of hydrogen-bond donors (Lipinski definition) is 1. The van der Waals surface area contributed by atoms with Gasteiger partial charge in [0, 0.05) is 38.0 Å². The van der Waals surface area contributed by atoms with Gasteiger partial charge in [0.05, 0.1) is 33.1 Å². The van der Waals surface area contributed by atoms with E-state index in [1.165, 1.54) is 0 Å². The molecule has 0 radical (unpaired) electrons. The summed E-state index contributed by atoms with van der Waals surface area (Å²) in [6.07, 6.45) is 0. The van der Waals surface area contributed by atoms with Crippen molar-refractivity contribution in [2.24, 2.45) is 0 Å². The van der Waals surface area contributed by atoms with Crippen LogP contribution in [0.1, 0.15) is 33.0 Å². The zero-order chi connectivity index (χ0) is 37.2. The molecule has 1 fully saturated rings. The van der Waals surface area contributed by atoms with Gasteiger partial charge in [0.1, 0.15) is 0 Å². The quantitative estimate of drug-likeness (QED) is 0.555. The van der Waals surface area contributed by atoms with Gasteiger partial charge in [0.2, 0.25) is 0 Å². The fraction of sp³-hybridized carbons (Fsp3) is 0.208. The Labute approximate surface area is 197 Å². The third-order valence-corrected chi connectivity index (χ3v) is 3.79. The number of piperazine rings is 1. The van der Waals surface area contributed by atoms with E-state index < -0.39 is 144 Å². The molecule has 1 aliphatic rings. The SMILES string of the molecule is [2H]c1c([2H])c([2H])c(-c2c([2H])c([2H])c([2H])c(CN3C([2H])([2H])C([2H])([2H])N(c4c([2H])c([2H])c([2H])c5[nH]c(=O)oc45)C([2H])([2H])C3([2H])[2H])c2[2H])c([2H])c1[2H]. The molecule has 5 heteroatoms. The summed E-state index contributed by atoms with van der Waals surface area (Å²) in [6.45, 7) is -16.3. The second-order valence-electron chi connectivity index (χ2n) is 5.66. The molecule has 1 aliphatic heterocycles. The highest BCUT2D eigenvalue weighted by Crippen LogP contribution is 2.26. The van der Waals surface area contributed by atoms with Crippen LogP contribution in [0.4, 0.5) is 5.69 Å². The number of aromatic amines is 1. The van der Waals surface area contributed by atoms with E-state index in [0.29, 0.717) is 0 Å². The first-order valence-corrected chi connectivity index (χ1v) is 8.15. The summed E-state index contributed by atoms with van der Waals surface area (Å²) in [5.41, 5.74) is -4.76. The summed E-state index contributed by atoms with van der Waals surface area (Å²) < 4.78 is 175. The molecule has 1 saturated heterocycles. The van der Waals surface area contributed by atoms with Crippen LogP contribution in [0.5, 0.6) is 0 Å². The zero-order valence-corrected chi connectivity index (χ0v) is 14.4. The normalized spacial score (nSPS) is 31.9. The smallest absolute Gasteiger partial charge is 0.406 e. The van der Waals surface area contributed by atoms with Gasteiger partial charge in [-0.3, -0.25) is 9.88 Å². The van der Waals surface area contributed by atoms with Crippen molar-refractivity contribution in [2.45, 2.75) is 6.54 Å². The highest BCUT2D eigenvalue weighted by molar-refractivity contribution is 5.86. The van der Waals surface area contributed by atoms with E-state index in [4.69, 9.17) is 31.8 Å². The lowest BCUT2D eigenvalue weighted by molar-refractivity contribution is 0.250. The highest BCUT2D eigenvalue weighted by Gasteiger charge is 2.20. The van der Waals surface area contributed by atoms with E-state index in [1.807, 2.05) is 0 Å². The average molecular weight is 406 g/mol. The molecule has 0 unspecified atom stereocenters. The van der Waals surface area contributed by atoms with Crippen LogP contribution in [0.3, 0.4) is 0 Å². The van der Waals surface area contributed by atoms with Gasteiger partial charge >= 0.3 is 5.76 Å². The minimum Gasteiger partial charge on any atom is -0.406 e. The maximum absolute atomic E-state index is 12.1. The molecule has 5 rings (SSSR count). The van der Waals surface area contributed by atoms with Crippen molar-refractivity contribution in [1.29, 1.82) is 0 Å². The van der Waals surface area contributed by atoms with E-state index in [1.54, 1.807) is 0 Å². The minimum absolute atomic E-state index is 0.0364. The fourth-order valence-electron chi connectivity index (χ4n) is 2.54. The molecule has 1 N–H and O–H groups in total. The summed E-state index contributed by atoms with van der Waals surface area (Å²) in [6, 6.07) is -11.0. The Bertz CT molecular complexity index is 2080. The number of hydrogen-bond acceptors (Lipinski definition) is 4. The molecule has 3 aromatic carbocycles. The van der Waals surface area contributed by atoms with Gasteiger partial charge in [-0.05, 0) is 34.8 Å². The molecule has 4 aromatic rings. The average Bonchev–Trinajstić information content (AvgIpc) is 3.40. The van der Waals surface area contributed by atoms with Crippen molar-refractivity contribution in [3.8, 4) is 11.1 Å².